The smallest absolute Gasteiger partial charge is 0.0317 e. The van der Waals surface area contributed by atoms with Crippen molar-refractivity contribution in [2.24, 2.45) is 0 Å². The second-order valence-electron chi connectivity index (χ2n) is 7.58. The van der Waals surface area contributed by atoms with Crippen molar-refractivity contribution in [3.63, 3.8) is 0 Å². The maximum absolute atomic E-state index is 2.31. The Labute approximate surface area is 161 Å². The molecular formula is C27H24. The highest BCUT2D eigenvalue weighted by Gasteiger charge is 2.36. The van der Waals surface area contributed by atoms with Crippen molar-refractivity contribution in [1.29, 1.82) is 0 Å². The number of rotatable bonds is 3. The molecule has 3 aromatic rings. The molecule has 0 amide bonds. The minimum Gasteiger partial charge on any atom is -0.0622 e. The summed E-state index contributed by atoms with van der Waals surface area (Å²) in [6.45, 7) is 0. The Morgan fingerprint density at radius 1 is 0.556 bits per heavy atom. The Morgan fingerprint density at radius 2 is 1.11 bits per heavy atom. The van der Waals surface area contributed by atoms with E-state index in [1.165, 1.54) is 53.5 Å². The first kappa shape index (κ1) is 16.3. The molecule has 0 aliphatic heterocycles. The molecule has 0 heterocycles. The van der Waals surface area contributed by atoms with Crippen molar-refractivity contribution in [2.75, 3.05) is 0 Å². The van der Waals surface area contributed by atoms with E-state index in [-0.39, 0.29) is 0 Å². The Bertz CT molecular complexity index is 992. The lowest BCUT2D eigenvalue weighted by Crippen LogP contribution is -2.05. The summed E-state index contributed by atoms with van der Waals surface area (Å²) < 4.78 is 0. The van der Waals surface area contributed by atoms with Crippen LogP contribution in [-0.2, 0) is 0 Å². The molecule has 3 aromatic carbocycles. The van der Waals surface area contributed by atoms with Gasteiger partial charge in [0, 0.05) is 5.92 Å². The molecule has 27 heavy (non-hydrogen) atoms. The molecule has 1 atom stereocenters. The van der Waals surface area contributed by atoms with Crippen molar-refractivity contribution in [1.82, 2.24) is 0 Å². The van der Waals surface area contributed by atoms with Gasteiger partial charge in [-0.05, 0) is 59.1 Å². The van der Waals surface area contributed by atoms with Gasteiger partial charge in [0.05, 0.1) is 0 Å². The van der Waals surface area contributed by atoms with E-state index >= 15 is 0 Å². The third-order valence-electron chi connectivity index (χ3n) is 6.00. The average Bonchev–Trinajstić information content (AvgIpc) is 3.11. The number of hydrogen-bond donors (Lipinski definition) is 0. The molecule has 0 bridgehead atoms. The molecule has 2 aliphatic carbocycles. The lowest BCUT2D eigenvalue weighted by molar-refractivity contribution is 0.669. The number of hydrogen-bond acceptors (Lipinski definition) is 0. The van der Waals surface area contributed by atoms with Gasteiger partial charge < -0.3 is 0 Å². The lowest BCUT2D eigenvalue weighted by Gasteiger charge is -2.23. The van der Waals surface area contributed by atoms with Crippen LogP contribution < -0.4 is 0 Å². The van der Waals surface area contributed by atoms with Crippen LogP contribution in [0.3, 0.4) is 0 Å². The van der Waals surface area contributed by atoms with Gasteiger partial charge in [-0.2, -0.15) is 0 Å². The molecule has 0 fully saturated rings. The first-order valence-corrected chi connectivity index (χ1v) is 10.1. The van der Waals surface area contributed by atoms with Crippen molar-refractivity contribution in [3.8, 4) is 0 Å². The third kappa shape index (κ3) is 2.86. The van der Waals surface area contributed by atoms with Gasteiger partial charge in [0.1, 0.15) is 0 Å². The summed E-state index contributed by atoms with van der Waals surface area (Å²) in [7, 11) is 0. The van der Waals surface area contributed by atoms with Gasteiger partial charge in [0.15, 0.2) is 0 Å². The zero-order valence-corrected chi connectivity index (χ0v) is 15.6. The summed E-state index contributed by atoms with van der Waals surface area (Å²) in [6, 6.07) is 33.2. The fourth-order valence-electron chi connectivity index (χ4n) is 4.89. The van der Waals surface area contributed by atoms with Crippen molar-refractivity contribution >= 4 is 11.1 Å². The Balaban J connectivity index is 1.81. The van der Waals surface area contributed by atoms with Gasteiger partial charge >= 0.3 is 0 Å². The molecule has 0 radical (unpaired) electrons. The molecule has 0 heteroatoms. The van der Waals surface area contributed by atoms with Gasteiger partial charge in [-0.15, -0.1) is 0 Å². The topological polar surface area (TPSA) is 0 Å². The first-order chi connectivity index (χ1) is 13.4. The van der Waals surface area contributed by atoms with Crippen LogP contribution in [0, 0.1) is 0 Å². The van der Waals surface area contributed by atoms with E-state index in [4.69, 9.17) is 0 Å². The van der Waals surface area contributed by atoms with E-state index in [9.17, 15) is 0 Å². The number of allylic oxidation sites excluding steroid dienone is 4. The summed E-state index contributed by atoms with van der Waals surface area (Å²) >= 11 is 0. The average molecular weight is 348 g/mol. The van der Waals surface area contributed by atoms with Crippen LogP contribution in [0.4, 0.5) is 0 Å². The maximum atomic E-state index is 2.31. The molecule has 0 aromatic heterocycles. The number of benzene rings is 3. The van der Waals surface area contributed by atoms with Gasteiger partial charge in [-0.3, -0.25) is 0 Å². The van der Waals surface area contributed by atoms with Gasteiger partial charge in [0.2, 0.25) is 0 Å². The molecule has 0 saturated heterocycles. The largest absolute Gasteiger partial charge is 0.0622 e. The molecule has 5 rings (SSSR count). The fourth-order valence-corrected chi connectivity index (χ4v) is 4.89. The summed E-state index contributed by atoms with van der Waals surface area (Å²) in [5, 5.41) is 0. The Morgan fingerprint density at radius 3 is 1.78 bits per heavy atom. The fraction of sp³-hybridized carbons (Fsp3) is 0.185. The minimum absolute atomic E-state index is 0.388. The van der Waals surface area contributed by atoms with Crippen LogP contribution in [-0.4, -0.2) is 0 Å². The molecule has 132 valence electrons. The zero-order valence-electron chi connectivity index (χ0n) is 15.6. The molecule has 0 saturated carbocycles. The van der Waals surface area contributed by atoms with Crippen LogP contribution in [0.5, 0.6) is 0 Å². The summed E-state index contributed by atoms with van der Waals surface area (Å²) in [4.78, 5) is 0. The van der Waals surface area contributed by atoms with Gasteiger partial charge in [-0.25, -0.2) is 0 Å². The highest BCUT2D eigenvalue weighted by molar-refractivity contribution is 6.05. The molecule has 0 spiro atoms. The van der Waals surface area contributed by atoms with Crippen LogP contribution in [0.2, 0.25) is 0 Å². The predicted molar refractivity (Wildman–Crippen MR) is 114 cm³/mol. The summed E-state index contributed by atoms with van der Waals surface area (Å²) in [5.41, 5.74) is 10.4. The van der Waals surface area contributed by atoms with Crippen LogP contribution >= 0.6 is 0 Å². The third-order valence-corrected chi connectivity index (χ3v) is 6.00. The van der Waals surface area contributed by atoms with Crippen LogP contribution in [0.1, 0.15) is 48.3 Å². The van der Waals surface area contributed by atoms with Crippen LogP contribution in [0.15, 0.2) is 102 Å². The van der Waals surface area contributed by atoms with Crippen molar-refractivity contribution in [3.05, 3.63) is 119 Å². The molecule has 2 aliphatic rings. The minimum atomic E-state index is 0.388. The van der Waals surface area contributed by atoms with E-state index in [1.54, 1.807) is 11.1 Å². The molecule has 0 nitrogen and oxygen atoms in total. The van der Waals surface area contributed by atoms with Crippen LogP contribution in [0.25, 0.3) is 11.1 Å². The van der Waals surface area contributed by atoms with E-state index in [1.807, 2.05) is 0 Å². The van der Waals surface area contributed by atoms with E-state index < -0.39 is 0 Å². The van der Waals surface area contributed by atoms with E-state index in [0.717, 1.165) is 0 Å². The monoisotopic (exact) mass is 348 g/mol. The Kier molecular flexibility index (Phi) is 4.26. The first-order valence-electron chi connectivity index (χ1n) is 10.1. The highest BCUT2D eigenvalue weighted by atomic mass is 14.4. The second-order valence-corrected chi connectivity index (χ2v) is 7.58. The lowest BCUT2D eigenvalue weighted by atomic mass is 9.81. The van der Waals surface area contributed by atoms with Crippen molar-refractivity contribution in [2.45, 2.75) is 31.6 Å². The molecule has 1 unspecified atom stereocenters. The quantitative estimate of drug-likeness (QED) is 0.467. The van der Waals surface area contributed by atoms with Gasteiger partial charge in [0.25, 0.3) is 0 Å². The summed E-state index contributed by atoms with van der Waals surface area (Å²) in [6.07, 6.45) is 5.05. The normalized spacial score (nSPS) is 19.3. The van der Waals surface area contributed by atoms with Crippen molar-refractivity contribution < 1.29 is 0 Å². The molecular weight excluding hydrogens is 324 g/mol. The predicted octanol–water partition coefficient (Wildman–Crippen LogP) is 7.27. The Hall–Kier alpha value is -2.86. The zero-order chi connectivity index (χ0) is 18.1. The molecule has 0 N–H and O–H groups in total. The van der Waals surface area contributed by atoms with E-state index in [2.05, 4.69) is 91.0 Å². The second kappa shape index (κ2) is 7.04. The standard InChI is InChI=1S/C27H24/c1-4-12-20(13-5-1)25-23-18-10-11-19-24(23)26(21-14-6-2-7-15-21)27(25)22-16-8-3-9-17-22/h1-9,12-17,25H,10-11,18-19H2. The van der Waals surface area contributed by atoms with Gasteiger partial charge in [-0.1, -0.05) is 96.6 Å². The summed E-state index contributed by atoms with van der Waals surface area (Å²) in [5.74, 6) is 0.388. The maximum Gasteiger partial charge on any atom is 0.0317 e. The SMILES string of the molecule is c1ccc(C2=C(c3ccccc3)C(c3ccccc3)C3=C2CCCC3)cc1. The van der Waals surface area contributed by atoms with E-state index in [0.29, 0.717) is 5.92 Å². The highest BCUT2D eigenvalue weighted by Crippen LogP contribution is 2.56.